The number of amides is 1. The van der Waals surface area contributed by atoms with E-state index in [1.807, 2.05) is 45.3 Å². The summed E-state index contributed by atoms with van der Waals surface area (Å²) in [5, 5.41) is 4.12. The number of carbonyl (C=O) groups is 1. The van der Waals surface area contributed by atoms with Crippen LogP contribution in [0.2, 0.25) is 0 Å². The third-order valence-corrected chi connectivity index (χ3v) is 4.68. The van der Waals surface area contributed by atoms with Crippen LogP contribution in [0.1, 0.15) is 16.2 Å². The second kappa shape index (κ2) is 6.64. The van der Waals surface area contributed by atoms with E-state index in [0.717, 1.165) is 50.6 Å². The molecule has 130 valence electrons. The molecule has 8 heteroatoms. The summed E-state index contributed by atoms with van der Waals surface area (Å²) in [6, 6.07) is 5.78. The van der Waals surface area contributed by atoms with E-state index in [-0.39, 0.29) is 5.91 Å². The maximum Gasteiger partial charge on any atom is 0.272 e. The van der Waals surface area contributed by atoms with Crippen molar-refractivity contribution in [2.75, 3.05) is 32.7 Å². The molecule has 8 nitrogen and oxygen atoms in total. The highest BCUT2D eigenvalue weighted by atomic mass is 16.2. The van der Waals surface area contributed by atoms with Crippen LogP contribution in [0.3, 0.4) is 0 Å². The SMILES string of the molecule is Cc1nc2ccccn2c1C(=O)N1CCN(CCn2cncn2)CC1. The van der Waals surface area contributed by atoms with E-state index in [0.29, 0.717) is 5.69 Å². The van der Waals surface area contributed by atoms with Gasteiger partial charge in [-0.3, -0.25) is 18.8 Å². The van der Waals surface area contributed by atoms with Gasteiger partial charge in [0.2, 0.25) is 0 Å². The number of hydrogen-bond donors (Lipinski definition) is 0. The van der Waals surface area contributed by atoms with Gasteiger partial charge in [0.05, 0.1) is 12.2 Å². The lowest BCUT2D eigenvalue weighted by atomic mass is 10.2. The van der Waals surface area contributed by atoms with Crippen LogP contribution in [-0.2, 0) is 6.54 Å². The smallest absolute Gasteiger partial charge is 0.272 e. The van der Waals surface area contributed by atoms with Crippen LogP contribution < -0.4 is 0 Å². The Balaban J connectivity index is 1.40. The fraction of sp³-hybridized carbons (Fsp3) is 0.412. The van der Waals surface area contributed by atoms with Gasteiger partial charge >= 0.3 is 0 Å². The summed E-state index contributed by atoms with van der Waals surface area (Å²) in [5.41, 5.74) is 2.27. The number of carbonyl (C=O) groups excluding carboxylic acids is 1. The van der Waals surface area contributed by atoms with Crippen LogP contribution in [-0.4, -0.2) is 72.6 Å². The van der Waals surface area contributed by atoms with E-state index in [1.54, 1.807) is 12.7 Å². The van der Waals surface area contributed by atoms with Crippen molar-refractivity contribution < 1.29 is 4.79 Å². The summed E-state index contributed by atoms with van der Waals surface area (Å²) in [7, 11) is 0. The summed E-state index contributed by atoms with van der Waals surface area (Å²) in [6.07, 6.45) is 5.18. The molecule has 3 aromatic heterocycles. The van der Waals surface area contributed by atoms with E-state index < -0.39 is 0 Å². The molecule has 4 rings (SSSR count). The normalized spacial score (nSPS) is 15.8. The second-order valence-corrected chi connectivity index (χ2v) is 6.27. The standard InChI is InChI=1S/C17H21N7O/c1-14-16(24-5-3-2-4-15(24)20-14)17(25)22-9-6-21(7-10-22)8-11-23-13-18-12-19-23/h2-5,12-13H,6-11H2,1H3. The molecule has 0 N–H and O–H groups in total. The maximum atomic E-state index is 13.0. The first-order chi connectivity index (χ1) is 12.2. The van der Waals surface area contributed by atoms with Crippen molar-refractivity contribution in [3.05, 3.63) is 48.4 Å². The summed E-state index contributed by atoms with van der Waals surface area (Å²) in [5.74, 6) is 0.0622. The van der Waals surface area contributed by atoms with Crippen LogP contribution in [0.4, 0.5) is 0 Å². The lowest BCUT2D eigenvalue weighted by Crippen LogP contribution is -2.49. The Kier molecular flexibility index (Phi) is 4.19. The van der Waals surface area contributed by atoms with Crippen LogP contribution in [0.5, 0.6) is 0 Å². The number of pyridine rings is 1. The van der Waals surface area contributed by atoms with Crippen molar-refractivity contribution >= 4 is 11.6 Å². The third-order valence-electron chi connectivity index (χ3n) is 4.68. The lowest BCUT2D eigenvalue weighted by Gasteiger charge is -2.34. The van der Waals surface area contributed by atoms with Gasteiger partial charge in [0.25, 0.3) is 5.91 Å². The highest BCUT2D eigenvalue weighted by molar-refractivity contribution is 5.94. The van der Waals surface area contributed by atoms with Gasteiger partial charge in [-0.15, -0.1) is 0 Å². The fourth-order valence-corrected chi connectivity index (χ4v) is 3.29. The number of fused-ring (bicyclic) bond motifs is 1. The van der Waals surface area contributed by atoms with Gasteiger partial charge in [0.15, 0.2) is 0 Å². The molecule has 0 bridgehead atoms. The molecule has 0 saturated carbocycles. The molecule has 0 radical (unpaired) electrons. The number of aryl methyl sites for hydroxylation is 1. The highest BCUT2D eigenvalue weighted by Gasteiger charge is 2.25. The van der Waals surface area contributed by atoms with Crippen LogP contribution in [0, 0.1) is 6.92 Å². The molecule has 0 atom stereocenters. The van der Waals surface area contributed by atoms with Gasteiger partial charge in [-0.25, -0.2) is 9.97 Å². The van der Waals surface area contributed by atoms with Crippen molar-refractivity contribution in [1.82, 2.24) is 33.9 Å². The molecular formula is C17H21N7O. The summed E-state index contributed by atoms with van der Waals surface area (Å²) in [6.45, 7) is 6.84. The van der Waals surface area contributed by atoms with E-state index in [1.165, 1.54) is 0 Å². The molecule has 1 fully saturated rings. The minimum absolute atomic E-state index is 0.0622. The molecule has 0 aliphatic carbocycles. The largest absolute Gasteiger partial charge is 0.335 e. The number of hydrogen-bond acceptors (Lipinski definition) is 5. The molecule has 25 heavy (non-hydrogen) atoms. The number of nitrogens with zero attached hydrogens (tertiary/aromatic N) is 7. The topological polar surface area (TPSA) is 71.6 Å². The monoisotopic (exact) mass is 339 g/mol. The molecule has 0 spiro atoms. The quantitative estimate of drug-likeness (QED) is 0.699. The van der Waals surface area contributed by atoms with Crippen molar-refractivity contribution in [3.8, 4) is 0 Å². The average molecular weight is 339 g/mol. The zero-order valence-electron chi connectivity index (χ0n) is 14.2. The summed E-state index contributed by atoms with van der Waals surface area (Å²) < 4.78 is 3.72. The molecule has 1 aliphatic rings. The Morgan fingerprint density at radius 3 is 2.76 bits per heavy atom. The summed E-state index contributed by atoms with van der Waals surface area (Å²) >= 11 is 0. The number of aromatic nitrogens is 5. The molecular weight excluding hydrogens is 318 g/mol. The van der Waals surface area contributed by atoms with Crippen LogP contribution in [0.15, 0.2) is 37.1 Å². The number of piperazine rings is 1. The maximum absolute atomic E-state index is 13.0. The molecule has 1 saturated heterocycles. The van der Waals surface area contributed by atoms with E-state index in [2.05, 4.69) is 20.0 Å². The summed E-state index contributed by atoms with van der Waals surface area (Å²) in [4.78, 5) is 25.7. The first kappa shape index (κ1) is 15.8. The molecule has 1 amide bonds. The predicted octanol–water partition coefficient (Wildman–Crippen LogP) is 0.692. The van der Waals surface area contributed by atoms with E-state index >= 15 is 0 Å². The number of imidazole rings is 1. The van der Waals surface area contributed by atoms with Gasteiger partial charge in [-0.05, 0) is 19.1 Å². The molecule has 1 aliphatic heterocycles. The Morgan fingerprint density at radius 1 is 1.16 bits per heavy atom. The van der Waals surface area contributed by atoms with Gasteiger partial charge in [-0.2, -0.15) is 5.10 Å². The minimum atomic E-state index is 0.0622. The Labute approximate surface area is 145 Å². The fourth-order valence-electron chi connectivity index (χ4n) is 3.29. The van der Waals surface area contributed by atoms with Gasteiger partial charge < -0.3 is 4.90 Å². The molecule has 3 aromatic rings. The van der Waals surface area contributed by atoms with Crippen molar-refractivity contribution in [1.29, 1.82) is 0 Å². The Bertz CT molecular complexity index is 862. The van der Waals surface area contributed by atoms with Crippen molar-refractivity contribution in [2.45, 2.75) is 13.5 Å². The average Bonchev–Trinajstić information content (AvgIpc) is 3.26. The van der Waals surface area contributed by atoms with Crippen LogP contribution >= 0.6 is 0 Å². The lowest BCUT2D eigenvalue weighted by molar-refractivity contribution is 0.0624. The van der Waals surface area contributed by atoms with Crippen molar-refractivity contribution in [3.63, 3.8) is 0 Å². The Morgan fingerprint density at radius 2 is 2.00 bits per heavy atom. The first-order valence-corrected chi connectivity index (χ1v) is 8.50. The molecule has 0 unspecified atom stereocenters. The molecule has 4 heterocycles. The van der Waals surface area contributed by atoms with E-state index in [9.17, 15) is 4.79 Å². The second-order valence-electron chi connectivity index (χ2n) is 6.27. The van der Waals surface area contributed by atoms with Crippen molar-refractivity contribution in [2.24, 2.45) is 0 Å². The highest BCUT2D eigenvalue weighted by Crippen LogP contribution is 2.15. The Hall–Kier alpha value is -2.74. The third kappa shape index (κ3) is 3.12. The minimum Gasteiger partial charge on any atom is -0.335 e. The van der Waals surface area contributed by atoms with Gasteiger partial charge in [-0.1, -0.05) is 6.07 Å². The van der Waals surface area contributed by atoms with Gasteiger partial charge in [0, 0.05) is 38.9 Å². The zero-order valence-corrected chi connectivity index (χ0v) is 14.2. The van der Waals surface area contributed by atoms with Gasteiger partial charge in [0.1, 0.15) is 24.0 Å². The predicted molar refractivity (Wildman–Crippen MR) is 92.3 cm³/mol. The zero-order chi connectivity index (χ0) is 17.2. The number of rotatable bonds is 4. The molecule has 0 aromatic carbocycles. The van der Waals surface area contributed by atoms with Crippen LogP contribution in [0.25, 0.3) is 5.65 Å². The van der Waals surface area contributed by atoms with E-state index in [4.69, 9.17) is 0 Å². The first-order valence-electron chi connectivity index (χ1n) is 8.50.